The fourth-order valence-electron chi connectivity index (χ4n) is 1.79. The van der Waals surface area contributed by atoms with E-state index in [2.05, 4.69) is 15.6 Å². The number of nitro benzene ring substituents is 1. The van der Waals surface area contributed by atoms with Crippen molar-refractivity contribution in [1.82, 2.24) is 4.98 Å². The van der Waals surface area contributed by atoms with Crippen LogP contribution >= 0.6 is 0 Å². The Hall–Kier alpha value is -2.57. The highest BCUT2D eigenvalue weighted by molar-refractivity contribution is 5.63. The summed E-state index contributed by atoms with van der Waals surface area (Å²) >= 11 is 0. The summed E-state index contributed by atoms with van der Waals surface area (Å²) in [5, 5.41) is 17.0. The number of nitrogens with one attached hydrogen (secondary N) is 2. The molecule has 1 aromatic heterocycles. The molecule has 0 fully saturated rings. The van der Waals surface area contributed by atoms with E-state index < -0.39 is 4.92 Å². The minimum Gasteiger partial charge on any atom is -0.444 e. The van der Waals surface area contributed by atoms with Crippen LogP contribution in [-0.4, -0.2) is 16.5 Å². The summed E-state index contributed by atoms with van der Waals surface area (Å²) in [6, 6.07) is 4.80. The van der Waals surface area contributed by atoms with Gasteiger partial charge in [0.1, 0.15) is 5.76 Å². The van der Waals surface area contributed by atoms with Crippen LogP contribution in [0.15, 0.2) is 28.8 Å². The third-order valence-electron chi connectivity index (χ3n) is 2.62. The van der Waals surface area contributed by atoms with Crippen LogP contribution in [0.1, 0.15) is 18.6 Å². The van der Waals surface area contributed by atoms with E-state index in [1.807, 2.05) is 19.9 Å². The molecule has 0 saturated carbocycles. The van der Waals surface area contributed by atoms with Gasteiger partial charge in [-0.05, 0) is 19.9 Å². The molecule has 1 aromatic carbocycles. The van der Waals surface area contributed by atoms with Gasteiger partial charge in [0.05, 0.1) is 17.7 Å². The van der Waals surface area contributed by atoms with Gasteiger partial charge in [-0.15, -0.1) is 0 Å². The molecule has 0 aliphatic carbocycles. The van der Waals surface area contributed by atoms with Crippen LogP contribution in [0.5, 0.6) is 0 Å². The van der Waals surface area contributed by atoms with Gasteiger partial charge in [-0.25, -0.2) is 4.98 Å². The van der Waals surface area contributed by atoms with Gasteiger partial charge in [0.2, 0.25) is 5.89 Å². The second-order valence-electron chi connectivity index (χ2n) is 4.27. The molecule has 106 valence electrons. The van der Waals surface area contributed by atoms with Crippen molar-refractivity contribution in [3.05, 3.63) is 46.2 Å². The van der Waals surface area contributed by atoms with Crippen LogP contribution in [0.2, 0.25) is 0 Å². The minimum absolute atomic E-state index is 0.0366. The van der Waals surface area contributed by atoms with Crippen LogP contribution in [-0.2, 0) is 6.54 Å². The van der Waals surface area contributed by atoms with E-state index in [0.29, 0.717) is 30.4 Å². The number of anilines is 2. The van der Waals surface area contributed by atoms with Gasteiger partial charge in [-0.1, -0.05) is 0 Å². The number of nitro groups is 1. The van der Waals surface area contributed by atoms with Gasteiger partial charge in [0.15, 0.2) is 0 Å². The number of hydrogen-bond acceptors (Lipinski definition) is 6. The number of aromatic nitrogens is 1. The molecule has 1 heterocycles. The topological polar surface area (TPSA) is 93.2 Å². The average molecular weight is 276 g/mol. The zero-order chi connectivity index (χ0) is 14.5. The first kappa shape index (κ1) is 13.9. The largest absolute Gasteiger partial charge is 0.444 e. The SMILES string of the molecule is CCNc1cc(NCc2ncc(C)o2)cc([N+](=O)[O-])c1. The quantitative estimate of drug-likeness (QED) is 0.622. The second kappa shape index (κ2) is 6.05. The summed E-state index contributed by atoms with van der Waals surface area (Å²) < 4.78 is 5.34. The number of oxazole rings is 1. The molecule has 0 amide bonds. The van der Waals surface area contributed by atoms with Gasteiger partial charge in [0, 0.05) is 30.1 Å². The van der Waals surface area contributed by atoms with Crippen molar-refractivity contribution in [3.63, 3.8) is 0 Å². The van der Waals surface area contributed by atoms with Crippen LogP contribution in [0.4, 0.5) is 17.1 Å². The molecule has 0 unspecified atom stereocenters. The fourth-order valence-corrected chi connectivity index (χ4v) is 1.79. The predicted octanol–water partition coefficient (Wildman–Crippen LogP) is 2.94. The van der Waals surface area contributed by atoms with E-state index in [0.717, 1.165) is 5.76 Å². The maximum atomic E-state index is 10.9. The Labute approximate surface area is 116 Å². The Morgan fingerprint density at radius 2 is 2.00 bits per heavy atom. The predicted molar refractivity (Wildman–Crippen MR) is 75.8 cm³/mol. The van der Waals surface area contributed by atoms with E-state index >= 15 is 0 Å². The maximum absolute atomic E-state index is 10.9. The summed E-state index contributed by atoms with van der Waals surface area (Å²) in [5.41, 5.74) is 1.38. The van der Waals surface area contributed by atoms with Crippen molar-refractivity contribution in [1.29, 1.82) is 0 Å². The van der Waals surface area contributed by atoms with Gasteiger partial charge >= 0.3 is 0 Å². The van der Waals surface area contributed by atoms with Crippen molar-refractivity contribution in [2.45, 2.75) is 20.4 Å². The smallest absolute Gasteiger partial charge is 0.273 e. The first-order valence-electron chi connectivity index (χ1n) is 6.27. The lowest BCUT2D eigenvalue weighted by molar-refractivity contribution is -0.384. The third-order valence-corrected chi connectivity index (χ3v) is 2.62. The number of rotatable bonds is 6. The van der Waals surface area contributed by atoms with Gasteiger partial charge in [0.25, 0.3) is 5.69 Å². The Bertz CT molecular complexity index is 609. The molecule has 0 saturated heterocycles. The molecule has 0 bridgehead atoms. The molecule has 0 atom stereocenters. The Balaban J connectivity index is 2.15. The van der Waals surface area contributed by atoms with Crippen molar-refractivity contribution >= 4 is 17.1 Å². The summed E-state index contributed by atoms with van der Waals surface area (Å²) in [5.74, 6) is 1.27. The summed E-state index contributed by atoms with van der Waals surface area (Å²) in [6.07, 6.45) is 1.63. The lowest BCUT2D eigenvalue weighted by Crippen LogP contribution is -2.03. The lowest BCUT2D eigenvalue weighted by Gasteiger charge is -2.08. The van der Waals surface area contributed by atoms with Crippen LogP contribution in [0.3, 0.4) is 0 Å². The molecule has 7 nitrogen and oxygen atoms in total. The van der Waals surface area contributed by atoms with Crippen LogP contribution in [0, 0.1) is 17.0 Å². The van der Waals surface area contributed by atoms with Gasteiger partial charge in [-0.3, -0.25) is 10.1 Å². The van der Waals surface area contributed by atoms with Crippen LogP contribution < -0.4 is 10.6 Å². The number of aryl methyl sites for hydroxylation is 1. The van der Waals surface area contributed by atoms with Gasteiger partial charge < -0.3 is 15.1 Å². The Morgan fingerprint density at radius 3 is 2.55 bits per heavy atom. The van der Waals surface area contributed by atoms with E-state index in [1.54, 1.807) is 6.20 Å². The molecular weight excluding hydrogens is 260 g/mol. The first-order chi connectivity index (χ1) is 9.58. The molecule has 0 aliphatic heterocycles. The Morgan fingerprint density at radius 1 is 1.30 bits per heavy atom. The van der Waals surface area contributed by atoms with E-state index in [1.165, 1.54) is 12.1 Å². The molecule has 2 aromatic rings. The van der Waals surface area contributed by atoms with E-state index in [-0.39, 0.29) is 5.69 Å². The lowest BCUT2D eigenvalue weighted by atomic mass is 10.2. The number of non-ortho nitro benzene ring substituents is 1. The molecule has 20 heavy (non-hydrogen) atoms. The average Bonchev–Trinajstić information content (AvgIpc) is 2.82. The maximum Gasteiger partial charge on any atom is 0.273 e. The summed E-state index contributed by atoms with van der Waals surface area (Å²) in [7, 11) is 0. The number of hydrogen-bond donors (Lipinski definition) is 2. The molecule has 0 radical (unpaired) electrons. The standard InChI is InChI=1S/C13H16N4O3/c1-3-14-10-4-11(6-12(5-10)17(18)19)15-8-13-16-7-9(2)20-13/h4-7,14-15H,3,8H2,1-2H3. The number of benzene rings is 1. The van der Waals surface area contributed by atoms with Gasteiger partial charge in [-0.2, -0.15) is 0 Å². The van der Waals surface area contributed by atoms with Crippen molar-refractivity contribution in [3.8, 4) is 0 Å². The minimum atomic E-state index is -0.415. The molecule has 2 N–H and O–H groups in total. The summed E-state index contributed by atoms with van der Waals surface area (Å²) in [6.45, 7) is 4.81. The zero-order valence-electron chi connectivity index (χ0n) is 11.3. The van der Waals surface area contributed by atoms with E-state index in [4.69, 9.17) is 4.42 Å². The van der Waals surface area contributed by atoms with E-state index in [9.17, 15) is 10.1 Å². The molecule has 7 heteroatoms. The molecule has 0 aliphatic rings. The molecular formula is C13H16N4O3. The fraction of sp³-hybridized carbons (Fsp3) is 0.308. The molecule has 0 spiro atoms. The second-order valence-corrected chi connectivity index (χ2v) is 4.27. The first-order valence-corrected chi connectivity index (χ1v) is 6.27. The Kier molecular flexibility index (Phi) is 4.19. The highest BCUT2D eigenvalue weighted by atomic mass is 16.6. The van der Waals surface area contributed by atoms with Crippen molar-refractivity contribution < 1.29 is 9.34 Å². The van der Waals surface area contributed by atoms with Crippen molar-refractivity contribution in [2.75, 3.05) is 17.2 Å². The zero-order valence-corrected chi connectivity index (χ0v) is 11.3. The highest BCUT2D eigenvalue weighted by Gasteiger charge is 2.10. The number of nitrogens with zero attached hydrogens (tertiary/aromatic N) is 2. The third kappa shape index (κ3) is 3.47. The van der Waals surface area contributed by atoms with Crippen molar-refractivity contribution in [2.24, 2.45) is 0 Å². The normalized spacial score (nSPS) is 10.3. The summed E-state index contributed by atoms with van der Waals surface area (Å²) in [4.78, 5) is 14.6. The van der Waals surface area contributed by atoms with Crippen LogP contribution in [0.25, 0.3) is 0 Å². The monoisotopic (exact) mass is 276 g/mol. The molecule has 2 rings (SSSR count). The highest BCUT2D eigenvalue weighted by Crippen LogP contribution is 2.24.